The molecule has 0 saturated carbocycles. The SMILES string of the molecule is CCN1CCCC(CNC(=O)CN(C)c2ccc(C#N)cn2)C1. The van der Waals surface area contributed by atoms with Crippen LogP contribution in [0.4, 0.5) is 5.82 Å². The Hall–Kier alpha value is -2.13. The molecule has 0 aliphatic carbocycles. The molecule has 0 bridgehead atoms. The van der Waals surface area contributed by atoms with Crippen molar-refractivity contribution < 1.29 is 4.79 Å². The molecule has 0 radical (unpaired) electrons. The molecular formula is C17H25N5O. The number of piperidine rings is 1. The molecule has 1 saturated heterocycles. The number of nitrogens with one attached hydrogen (secondary N) is 1. The second-order valence-corrected chi connectivity index (χ2v) is 6.08. The first-order valence-corrected chi connectivity index (χ1v) is 8.18. The maximum absolute atomic E-state index is 12.1. The van der Waals surface area contributed by atoms with Gasteiger partial charge in [-0.25, -0.2) is 4.98 Å². The van der Waals surface area contributed by atoms with E-state index in [1.54, 1.807) is 17.0 Å². The van der Waals surface area contributed by atoms with Gasteiger partial charge < -0.3 is 15.1 Å². The molecule has 1 fully saturated rings. The lowest BCUT2D eigenvalue weighted by atomic mass is 9.98. The summed E-state index contributed by atoms with van der Waals surface area (Å²) in [6, 6.07) is 5.50. The average Bonchev–Trinajstić information content (AvgIpc) is 2.60. The summed E-state index contributed by atoms with van der Waals surface area (Å²) < 4.78 is 0. The molecule has 1 N–H and O–H groups in total. The number of amides is 1. The van der Waals surface area contributed by atoms with E-state index in [4.69, 9.17) is 5.26 Å². The average molecular weight is 315 g/mol. The van der Waals surface area contributed by atoms with Gasteiger partial charge in [0, 0.05) is 26.3 Å². The predicted molar refractivity (Wildman–Crippen MR) is 90.1 cm³/mol. The van der Waals surface area contributed by atoms with Crippen LogP contribution in [0.1, 0.15) is 25.3 Å². The van der Waals surface area contributed by atoms with Crippen LogP contribution in [0.2, 0.25) is 0 Å². The third kappa shape index (κ3) is 5.22. The minimum Gasteiger partial charge on any atom is -0.354 e. The van der Waals surface area contributed by atoms with Gasteiger partial charge in [-0.3, -0.25) is 4.79 Å². The number of pyridine rings is 1. The van der Waals surface area contributed by atoms with Gasteiger partial charge in [0.2, 0.25) is 5.91 Å². The molecule has 1 aliphatic heterocycles. The van der Waals surface area contributed by atoms with E-state index in [0.717, 1.165) is 19.6 Å². The fraction of sp³-hybridized carbons (Fsp3) is 0.588. The van der Waals surface area contributed by atoms with E-state index in [1.165, 1.54) is 25.6 Å². The van der Waals surface area contributed by atoms with Crippen LogP contribution in [-0.4, -0.2) is 55.6 Å². The van der Waals surface area contributed by atoms with Crippen LogP contribution < -0.4 is 10.2 Å². The van der Waals surface area contributed by atoms with Crippen molar-refractivity contribution in [3.63, 3.8) is 0 Å². The molecule has 1 amide bonds. The Morgan fingerprint density at radius 1 is 1.57 bits per heavy atom. The first kappa shape index (κ1) is 17.2. The Labute approximate surface area is 138 Å². The Morgan fingerprint density at radius 3 is 3.04 bits per heavy atom. The number of carbonyl (C=O) groups excluding carboxylic acids is 1. The highest BCUT2D eigenvalue weighted by Gasteiger charge is 2.19. The zero-order valence-electron chi connectivity index (χ0n) is 14.0. The number of anilines is 1. The van der Waals surface area contributed by atoms with Gasteiger partial charge in [-0.05, 0) is 44.0 Å². The molecule has 1 atom stereocenters. The van der Waals surface area contributed by atoms with E-state index in [-0.39, 0.29) is 12.5 Å². The highest BCUT2D eigenvalue weighted by Crippen LogP contribution is 2.15. The summed E-state index contributed by atoms with van der Waals surface area (Å²) in [7, 11) is 1.83. The third-order valence-corrected chi connectivity index (χ3v) is 4.29. The van der Waals surface area contributed by atoms with Crippen LogP contribution in [-0.2, 0) is 4.79 Å². The Bertz CT molecular complexity index is 551. The maximum Gasteiger partial charge on any atom is 0.239 e. The largest absolute Gasteiger partial charge is 0.354 e. The van der Waals surface area contributed by atoms with Crippen LogP contribution in [0.3, 0.4) is 0 Å². The van der Waals surface area contributed by atoms with E-state index in [0.29, 0.717) is 17.3 Å². The van der Waals surface area contributed by atoms with Gasteiger partial charge in [0.25, 0.3) is 0 Å². The molecule has 0 spiro atoms. The monoisotopic (exact) mass is 315 g/mol. The molecule has 2 heterocycles. The zero-order valence-corrected chi connectivity index (χ0v) is 14.0. The number of likely N-dealkylation sites (tertiary alicyclic amines) is 1. The number of nitriles is 1. The van der Waals surface area contributed by atoms with E-state index in [9.17, 15) is 4.79 Å². The molecule has 1 aromatic rings. The number of nitrogens with zero attached hydrogens (tertiary/aromatic N) is 4. The zero-order chi connectivity index (χ0) is 16.7. The number of likely N-dealkylation sites (N-methyl/N-ethyl adjacent to an activating group) is 1. The molecule has 1 unspecified atom stereocenters. The van der Waals surface area contributed by atoms with Crippen LogP contribution in [0.15, 0.2) is 18.3 Å². The second-order valence-electron chi connectivity index (χ2n) is 6.08. The summed E-state index contributed by atoms with van der Waals surface area (Å²) in [5, 5.41) is 11.8. The van der Waals surface area contributed by atoms with Crippen LogP contribution in [0, 0.1) is 17.2 Å². The molecule has 1 aromatic heterocycles. The lowest BCUT2D eigenvalue weighted by Crippen LogP contribution is -2.43. The first-order chi connectivity index (χ1) is 11.1. The minimum absolute atomic E-state index is 0.00674. The molecule has 23 heavy (non-hydrogen) atoms. The topological polar surface area (TPSA) is 72.3 Å². The summed E-state index contributed by atoms with van der Waals surface area (Å²) in [5.41, 5.74) is 0.518. The molecular weight excluding hydrogens is 290 g/mol. The van der Waals surface area contributed by atoms with Crippen LogP contribution in [0.25, 0.3) is 0 Å². The fourth-order valence-corrected chi connectivity index (χ4v) is 2.89. The number of aromatic nitrogens is 1. The smallest absolute Gasteiger partial charge is 0.239 e. The molecule has 2 rings (SSSR count). The quantitative estimate of drug-likeness (QED) is 0.855. The Kier molecular flexibility index (Phi) is 6.36. The van der Waals surface area contributed by atoms with Gasteiger partial charge in [-0.1, -0.05) is 6.92 Å². The highest BCUT2D eigenvalue weighted by molar-refractivity contribution is 5.80. The Balaban J connectivity index is 1.76. The molecule has 0 aromatic carbocycles. The van der Waals surface area contributed by atoms with Gasteiger partial charge in [0.1, 0.15) is 11.9 Å². The van der Waals surface area contributed by atoms with Crippen molar-refractivity contribution in [1.82, 2.24) is 15.2 Å². The summed E-state index contributed by atoms with van der Waals surface area (Å²) in [5.74, 6) is 1.24. The highest BCUT2D eigenvalue weighted by atomic mass is 16.2. The second kappa shape index (κ2) is 8.49. The number of hydrogen-bond donors (Lipinski definition) is 1. The van der Waals surface area contributed by atoms with Gasteiger partial charge in [-0.15, -0.1) is 0 Å². The molecule has 6 heteroatoms. The van der Waals surface area contributed by atoms with Crippen molar-refractivity contribution in [1.29, 1.82) is 5.26 Å². The minimum atomic E-state index is 0.00674. The van der Waals surface area contributed by atoms with Crippen LogP contribution in [0.5, 0.6) is 0 Å². The lowest BCUT2D eigenvalue weighted by molar-refractivity contribution is -0.120. The van der Waals surface area contributed by atoms with Gasteiger partial charge in [0.15, 0.2) is 0 Å². The van der Waals surface area contributed by atoms with Crippen molar-refractivity contribution >= 4 is 11.7 Å². The normalized spacial score (nSPS) is 18.2. The van der Waals surface area contributed by atoms with Gasteiger partial charge >= 0.3 is 0 Å². The van der Waals surface area contributed by atoms with Crippen molar-refractivity contribution in [3.8, 4) is 6.07 Å². The standard InChI is InChI=1S/C17H25N5O/c1-3-22-8-4-5-15(12-22)11-20-17(23)13-21(2)16-7-6-14(9-18)10-19-16/h6-7,10,15H,3-5,8,11-13H2,1-2H3,(H,20,23). The maximum atomic E-state index is 12.1. The summed E-state index contributed by atoms with van der Waals surface area (Å²) >= 11 is 0. The fourth-order valence-electron chi connectivity index (χ4n) is 2.89. The van der Waals surface area contributed by atoms with E-state index < -0.39 is 0 Å². The third-order valence-electron chi connectivity index (χ3n) is 4.29. The van der Waals surface area contributed by atoms with Crippen molar-refractivity contribution in [2.75, 3.05) is 44.7 Å². The molecule has 6 nitrogen and oxygen atoms in total. The predicted octanol–water partition coefficient (Wildman–Crippen LogP) is 1.24. The molecule has 124 valence electrons. The van der Waals surface area contributed by atoms with Crippen molar-refractivity contribution in [3.05, 3.63) is 23.9 Å². The van der Waals surface area contributed by atoms with Crippen LogP contribution >= 0.6 is 0 Å². The van der Waals surface area contributed by atoms with E-state index in [2.05, 4.69) is 22.1 Å². The number of hydrogen-bond acceptors (Lipinski definition) is 5. The Morgan fingerprint density at radius 2 is 2.39 bits per heavy atom. The van der Waals surface area contributed by atoms with Crippen molar-refractivity contribution in [2.24, 2.45) is 5.92 Å². The number of rotatable bonds is 6. The summed E-state index contributed by atoms with van der Waals surface area (Å²) in [4.78, 5) is 20.5. The van der Waals surface area contributed by atoms with Crippen molar-refractivity contribution in [2.45, 2.75) is 19.8 Å². The van der Waals surface area contributed by atoms with E-state index in [1.807, 2.05) is 13.1 Å². The lowest BCUT2D eigenvalue weighted by Gasteiger charge is -2.32. The first-order valence-electron chi connectivity index (χ1n) is 8.18. The van der Waals surface area contributed by atoms with Gasteiger partial charge in [0.05, 0.1) is 12.1 Å². The summed E-state index contributed by atoms with van der Waals surface area (Å²) in [6.07, 6.45) is 3.92. The molecule has 1 aliphatic rings. The summed E-state index contributed by atoms with van der Waals surface area (Å²) in [6.45, 7) is 6.52. The van der Waals surface area contributed by atoms with Gasteiger partial charge in [-0.2, -0.15) is 5.26 Å². The van der Waals surface area contributed by atoms with E-state index >= 15 is 0 Å². The number of carbonyl (C=O) groups is 1.